The fourth-order valence-electron chi connectivity index (χ4n) is 2.00. The van der Waals surface area contributed by atoms with Crippen molar-refractivity contribution in [3.63, 3.8) is 0 Å². The van der Waals surface area contributed by atoms with Crippen molar-refractivity contribution in [2.24, 2.45) is 0 Å². The summed E-state index contributed by atoms with van der Waals surface area (Å²) >= 11 is 0. The Morgan fingerprint density at radius 1 is 1.44 bits per heavy atom. The summed E-state index contributed by atoms with van der Waals surface area (Å²) in [5.41, 5.74) is 8.31. The summed E-state index contributed by atoms with van der Waals surface area (Å²) in [5, 5.41) is 2.60. The van der Waals surface area contributed by atoms with Gasteiger partial charge in [0.2, 0.25) is 0 Å². The molecular formula is C14H23N3O. The second-order valence-corrected chi connectivity index (χ2v) is 4.64. The van der Waals surface area contributed by atoms with Gasteiger partial charge in [-0.05, 0) is 38.5 Å². The van der Waals surface area contributed by atoms with Gasteiger partial charge >= 0.3 is 0 Å². The maximum atomic E-state index is 11.5. The molecule has 0 saturated carbocycles. The van der Waals surface area contributed by atoms with Crippen LogP contribution in [0.2, 0.25) is 0 Å². The van der Waals surface area contributed by atoms with E-state index in [1.807, 2.05) is 12.1 Å². The summed E-state index contributed by atoms with van der Waals surface area (Å²) in [7, 11) is 1.62. The molecule has 0 unspecified atom stereocenters. The zero-order valence-electron chi connectivity index (χ0n) is 11.7. The van der Waals surface area contributed by atoms with Gasteiger partial charge in [0, 0.05) is 25.2 Å². The van der Waals surface area contributed by atoms with Crippen LogP contribution in [-0.2, 0) is 0 Å². The van der Waals surface area contributed by atoms with Gasteiger partial charge in [0.15, 0.2) is 0 Å². The summed E-state index contributed by atoms with van der Waals surface area (Å²) in [5.74, 6) is -0.111. The van der Waals surface area contributed by atoms with E-state index >= 15 is 0 Å². The van der Waals surface area contributed by atoms with Gasteiger partial charge in [0.05, 0.1) is 11.4 Å². The van der Waals surface area contributed by atoms with Gasteiger partial charge in [0.1, 0.15) is 0 Å². The lowest BCUT2D eigenvalue weighted by Gasteiger charge is -2.30. The fraction of sp³-hybridized carbons (Fsp3) is 0.500. The van der Waals surface area contributed by atoms with Crippen LogP contribution in [0, 0.1) is 0 Å². The zero-order chi connectivity index (χ0) is 13.7. The number of nitrogen functional groups attached to an aromatic ring is 1. The van der Waals surface area contributed by atoms with Crippen molar-refractivity contribution in [2.75, 3.05) is 24.2 Å². The molecule has 0 atom stereocenters. The van der Waals surface area contributed by atoms with Crippen molar-refractivity contribution in [1.82, 2.24) is 5.32 Å². The monoisotopic (exact) mass is 249 g/mol. The molecule has 18 heavy (non-hydrogen) atoms. The molecule has 4 nitrogen and oxygen atoms in total. The average molecular weight is 249 g/mol. The molecule has 1 amide bonds. The predicted molar refractivity (Wildman–Crippen MR) is 77.0 cm³/mol. The van der Waals surface area contributed by atoms with Crippen LogP contribution in [-0.4, -0.2) is 25.5 Å². The molecule has 4 heteroatoms. The third kappa shape index (κ3) is 3.15. The van der Waals surface area contributed by atoms with Gasteiger partial charge < -0.3 is 16.0 Å². The Kier molecular flexibility index (Phi) is 5.01. The number of nitrogens with zero attached hydrogens (tertiary/aromatic N) is 1. The molecule has 0 aromatic heterocycles. The number of hydrogen-bond acceptors (Lipinski definition) is 3. The number of rotatable bonds is 5. The molecule has 0 bridgehead atoms. The lowest BCUT2D eigenvalue weighted by Crippen LogP contribution is -2.32. The lowest BCUT2D eigenvalue weighted by atomic mass is 10.1. The quantitative estimate of drug-likeness (QED) is 0.787. The molecule has 100 valence electrons. The Labute approximate surface area is 109 Å². The van der Waals surface area contributed by atoms with E-state index in [1.165, 1.54) is 0 Å². The third-order valence-corrected chi connectivity index (χ3v) is 2.91. The summed E-state index contributed by atoms with van der Waals surface area (Å²) in [4.78, 5) is 13.8. The van der Waals surface area contributed by atoms with Crippen LogP contribution in [0.15, 0.2) is 18.2 Å². The highest BCUT2D eigenvalue weighted by Crippen LogP contribution is 2.26. The average Bonchev–Trinajstić information content (AvgIpc) is 2.35. The van der Waals surface area contributed by atoms with Crippen LogP contribution in [0.4, 0.5) is 11.4 Å². The number of nitrogens with one attached hydrogen (secondary N) is 1. The summed E-state index contributed by atoms with van der Waals surface area (Å²) in [6.45, 7) is 7.38. The van der Waals surface area contributed by atoms with Crippen LogP contribution in [0.5, 0.6) is 0 Å². The SMILES string of the molecule is CCCN(c1ccc(C(=O)NC)cc1N)C(C)C. The van der Waals surface area contributed by atoms with Crippen LogP contribution < -0.4 is 16.0 Å². The van der Waals surface area contributed by atoms with E-state index in [2.05, 4.69) is 31.0 Å². The van der Waals surface area contributed by atoms with E-state index in [0.29, 0.717) is 17.3 Å². The van der Waals surface area contributed by atoms with Crippen molar-refractivity contribution in [1.29, 1.82) is 0 Å². The summed E-state index contributed by atoms with van der Waals surface area (Å²) < 4.78 is 0. The first-order valence-corrected chi connectivity index (χ1v) is 6.39. The molecule has 1 aromatic rings. The Morgan fingerprint density at radius 2 is 2.11 bits per heavy atom. The van der Waals surface area contributed by atoms with Crippen LogP contribution in [0.3, 0.4) is 0 Å². The number of anilines is 2. The van der Waals surface area contributed by atoms with Gasteiger partial charge in [0.25, 0.3) is 5.91 Å². The Balaban J connectivity index is 3.06. The Bertz CT molecular complexity index is 416. The molecule has 0 heterocycles. The van der Waals surface area contributed by atoms with E-state index < -0.39 is 0 Å². The van der Waals surface area contributed by atoms with Crippen LogP contribution >= 0.6 is 0 Å². The molecule has 0 aliphatic carbocycles. The van der Waals surface area contributed by atoms with E-state index in [4.69, 9.17) is 5.73 Å². The Morgan fingerprint density at radius 3 is 2.56 bits per heavy atom. The number of nitrogens with two attached hydrogens (primary N) is 1. The second-order valence-electron chi connectivity index (χ2n) is 4.64. The molecule has 0 aliphatic heterocycles. The molecule has 0 radical (unpaired) electrons. The maximum absolute atomic E-state index is 11.5. The first-order valence-electron chi connectivity index (χ1n) is 6.39. The van der Waals surface area contributed by atoms with Gasteiger partial charge in [-0.1, -0.05) is 6.92 Å². The molecule has 1 rings (SSSR count). The van der Waals surface area contributed by atoms with Crippen LogP contribution in [0.25, 0.3) is 0 Å². The summed E-state index contributed by atoms with van der Waals surface area (Å²) in [6, 6.07) is 5.86. The van der Waals surface area contributed by atoms with Crippen molar-refractivity contribution >= 4 is 17.3 Å². The minimum absolute atomic E-state index is 0.111. The standard InChI is InChI=1S/C14H23N3O/c1-5-8-17(10(2)3)13-7-6-11(9-12(13)15)14(18)16-4/h6-7,9-10H,5,8,15H2,1-4H3,(H,16,18). The Hall–Kier alpha value is -1.71. The van der Waals surface area contributed by atoms with E-state index in [9.17, 15) is 4.79 Å². The number of amides is 1. The van der Waals surface area contributed by atoms with Crippen molar-refractivity contribution in [3.05, 3.63) is 23.8 Å². The third-order valence-electron chi connectivity index (χ3n) is 2.91. The minimum atomic E-state index is -0.111. The van der Waals surface area contributed by atoms with E-state index in [-0.39, 0.29) is 5.91 Å². The fourth-order valence-corrected chi connectivity index (χ4v) is 2.00. The van der Waals surface area contributed by atoms with E-state index in [0.717, 1.165) is 18.7 Å². The highest BCUT2D eigenvalue weighted by Gasteiger charge is 2.14. The van der Waals surface area contributed by atoms with Crippen molar-refractivity contribution in [2.45, 2.75) is 33.2 Å². The van der Waals surface area contributed by atoms with Crippen LogP contribution in [0.1, 0.15) is 37.6 Å². The molecule has 1 aromatic carbocycles. The smallest absolute Gasteiger partial charge is 0.251 e. The molecule has 0 saturated heterocycles. The first-order chi connectivity index (χ1) is 8.51. The highest BCUT2D eigenvalue weighted by molar-refractivity contribution is 5.96. The van der Waals surface area contributed by atoms with Gasteiger partial charge in [-0.15, -0.1) is 0 Å². The molecule has 0 fully saturated rings. The largest absolute Gasteiger partial charge is 0.397 e. The number of carbonyl (C=O) groups excluding carboxylic acids is 1. The minimum Gasteiger partial charge on any atom is -0.397 e. The highest BCUT2D eigenvalue weighted by atomic mass is 16.1. The lowest BCUT2D eigenvalue weighted by molar-refractivity contribution is 0.0963. The zero-order valence-corrected chi connectivity index (χ0v) is 11.7. The first kappa shape index (κ1) is 14.4. The van der Waals surface area contributed by atoms with Crippen molar-refractivity contribution < 1.29 is 4.79 Å². The molecule has 0 spiro atoms. The van der Waals surface area contributed by atoms with Gasteiger partial charge in [-0.3, -0.25) is 4.79 Å². The number of benzene rings is 1. The summed E-state index contributed by atoms with van der Waals surface area (Å²) in [6.07, 6.45) is 1.06. The van der Waals surface area contributed by atoms with Gasteiger partial charge in [-0.25, -0.2) is 0 Å². The molecule has 3 N–H and O–H groups in total. The predicted octanol–water partition coefficient (Wildman–Crippen LogP) is 2.25. The molecule has 0 aliphatic rings. The normalized spacial score (nSPS) is 10.5. The van der Waals surface area contributed by atoms with E-state index in [1.54, 1.807) is 13.1 Å². The number of hydrogen-bond donors (Lipinski definition) is 2. The topological polar surface area (TPSA) is 58.4 Å². The number of carbonyl (C=O) groups is 1. The molecular weight excluding hydrogens is 226 g/mol. The maximum Gasteiger partial charge on any atom is 0.251 e. The van der Waals surface area contributed by atoms with Crippen molar-refractivity contribution in [3.8, 4) is 0 Å². The van der Waals surface area contributed by atoms with Gasteiger partial charge in [-0.2, -0.15) is 0 Å². The second kappa shape index (κ2) is 6.28.